The average Bonchev–Trinajstić information content (AvgIpc) is 2.38. The van der Waals surface area contributed by atoms with E-state index in [9.17, 15) is 4.39 Å². The smallest absolute Gasteiger partial charge is 0.123 e. The van der Waals surface area contributed by atoms with Crippen LogP contribution in [-0.4, -0.2) is 44.3 Å². The van der Waals surface area contributed by atoms with Crippen molar-refractivity contribution >= 4 is 0 Å². The molecular formula is C13H19FN2O. The summed E-state index contributed by atoms with van der Waals surface area (Å²) >= 11 is 0. The Hall–Kier alpha value is -0.970. The molecule has 1 heterocycles. The van der Waals surface area contributed by atoms with Crippen molar-refractivity contribution in [1.82, 2.24) is 4.90 Å². The number of nitrogens with two attached hydrogens (primary N) is 1. The minimum absolute atomic E-state index is 0.198. The van der Waals surface area contributed by atoms with Crippen LogP contribution in [0.1, 0.15) is 11.5 Å². The zero-order chi connectivity index (χ0) is 12.1. The van der Waals surface area contributed by atoms with E-state index < -0.39 is 0 Å². The van der Waals surface area contributed by atoms with Gasteiger partial charge in [-0.15, -0.1) is 0 Å². The summed E-state index contributed by atoms with van der Waals surface area (Å²) in [6, 6.07) is 6.65. The fourth-order valence-corrected chi connectivity index (χ4v) is 2.15. The number of halogens is 1. The largest absolute Gasteiger partial charge is 0.379 e. The van der Waals surface area contributed by atoms with Crippen LogP contribution in [0.15, 0.2) is 24.3 Å². The summed E-state index contributed by atoms with van der Waals surface area (Å²) in [5.74, 6) is 0.0737. The van der Waals surface area contributed by atoms with Gasteiger partial charge in [-0.05, 0) is 17.7 Å². The fourth-order valence-electron chi connectivity index (χ4n) is 2.15. The second-order valence-electron chi connectivity index (χ2n) is 4.40. The van der Waals surface area contributed by atoms with E-state index in [1.54, 1.807) is 0 Å². The van der Waals surface area contributed by atoms with Crippen molar-refractivity contribution in [2.75, 3.05) is 39.4 Å². The van der Waals surface area contributed by atoms with E-state index in [4.69, 9.17) is 10.5 Å². The third-order valence-electron chi connectivity index (χ3n) is 3.21. The number of morpholine rings is 1. The van der Waals surface area contributed by atoms with Crippen LogP contribution in [0.25, 0.3) is 0 Å². The van der Waals surface area contributed by atoms with Gasteiger partial charge < -0.3 is 10.5 Å². The summed E-state index contributed by atoms with van der Waals surface area (Å²) in [4.78, 5) is 2.35. The number of benzene rings is 1. The molecule has 0 saturated carbocycles. The van der Waals surface area contributed by atoms with Crippen molar-refractivity contribution < 1.29 is 9.13 Å². The van der Waals surface area contributed by atoms with Crippen molar-refractivity contribution in [2.24, 2.45) is 5.73 Å². The van der Waals surface area contributed by atoms with Crippen LogP contribution < -0.4 is 5.73 Å². The first-order chi connectivity index (χ1) is 8.29. The Kier molecular flexibility index (Phi) is 4.48. The van der Waals surface area contributed by atoms with Gasteiger partial charge in [0.2, 0.25) is 0 Å². The lowest BCUT2D eigenvalue weighted by molar-refractivity contribution is 0.0353. The van der Waals surface area contributed by atoms with Gasteiger partial charge >= 0.3 is 0 Å². The van der Waals surface area contributed by atoms with E-state index in [0.717, 1.165) is 38.4 Å². The Morgan fingerprint density at radius 2 is 1.88 bits per heavy atom. The van der Waals surface area contributed by atoms with E-state index >= 15 is 0 Å². The standard InChI is InChI=1S/C13H19FN2O/c14-13-3-1-11(2-4-13)12(9-15)10-16-5-7-17-8-6-16/h1-4,12H,5-10,15H2. The Labute approximate surface area is 101 Å². The zero-order valence-electron chi connectivity index (χ0n) is 9.94. The predicted molar refractivity (Wildman–Crippen MR) is 65.5 cm³/mol. The molecule has 2 N–H and O–H groups in total. The summed E-state index contributed by atoms with van der Waals surface area (Å²) in [5, 5.41) is 0. The normalized spacial score (nSPS) is 19.2. The van der Waals surface area contributed by atoms with E-state index in [0.29, 0.717) is 6.54 Å². The highest BCUT2D eigenvalue weighted by Crippen LogP contribution is 2.17. The van der Waals surface area contributed by atoms with Gasteiger partial charge in [0.1, 0.15) is 5.82 Å². The first-order valence-electron chi connectivity index (χ1n) is 6.05. The van der Waals surface area contributed by atoms with Crippen LogP contribution >= 0.6 is 0 Å². The molecule has 17 heavy (non-hydrogen) atoms. The second-order valence-corrected chi connectivity index (χ2v) is 4.40. The third kappa shape index (κ3) is 3.49. The van der Waals surface area contributed by atoms with Crippen molar-refractivity contribution in [3.63, 3.8) is 0 Å². The van der Waals surface area contributed by atoms with Gasteiger partial charge in [0, 0.05) is 32.1 Å². The maximum absolute atomic E-state index is 12.9. The molecule has 0 radical (unpaired) electrons. The molecule has 0 spiro atoms. The zero-order valence-corrected chi connectivity index (χ0v) is 9.94. The molecule has 1 unspecified atom stereocenters. The average molecular weight is 238 g/mol. The highest BCUT2D eigenvalue weighted by molar-refractivity contribution is 5.21. The molecular weight excluding hydrogens is 219 g/mol. The summed E-state index contributed by atoms with van der Waals surface area (Å²) in [5.41, 5.74) is 6.92. The second kappa shape index (κ2) is 6.10. The molecule has 0 amide bonds. The van der Waals surface area contributed by atoms with Gasteiger partial charge in [0.05, 0.1) is 13.2 Å². The first-order valence-corrected chi connectivity index (χ1v) is 6.05. The molecule has 4 heteroatoms. The van der Waals surface area contributed by atoms with Crippen molar-refractivity contribution in [3.05, 3.63) is 35.6 Å². The van der Waals surface area contributed by atoms with Crippen molar-refractivity contribution in [3.8, 4) is 0 Å². The van der Waals surface area contributed by atoms with Crippen LogP contribution in [0.3, 0.4) is 0 Å². The molecule has 0 aromatic heterocycles. The number of ether oxygens (including phenoxy) is 1. The fraction of sp³-hybridized carbons (Fsp3) is 0.538. The molecule has 1 aliphatic rings. The summed E-state index contributed by atoms with van der Waals surface area (Å²) < 4.78 is 18.2. The maximum Gasteiger partial charge on any atom is 0.123 e. The Balaban J connectivity index is 1.97. The number of hydrogen-bond donors (Lipinski definition) is 1. The molecule has 94 valence electrons. The van der Waals surface area contributed by atoms with Crippen LogP contribution in [-0.2, 0) is 4.74 Å². The van der Waals surface area contributed by atoms with E-state index in [-0.39, 0.29) is 11.7 Å². The Bertz CT molecular complexity index is 336. The number of nitrogens with zero attached hydrogens (tertiary/aromatic N) is 1. The quantitative estimate of drug-likeness (QED) is 0.856. The summed E-state index contributed by atoms with van der Waals surface area (Å²) in [7, 11) is 0. The van der Waals surface area contributed by atoms with Crippen LogP contribution in [0.2, 0.25) is 0 Å². The molecule has 1 fully saturated rings. The van der Waals surface area contributed by atoms with Crippen LogP contribution in [0.5, 0.6) is 0 Å². The van der Waals surface area contributed by atoms with E-state index in [2.05, 4.69) is 4.90 Å². The lowest BCUT2D eigenvalue weighted by Gasteiger charge is -2.30. The molecule has 3 nitrogen and oxygen atoms in total. The monoisotopic (exact) mass is 238 g/mol. The molecule has 1 aliphatic heterocycles. The molecule has 0 aliphatic carbocycles. The molecule has 1 aromatic rings. The first kappa shape index (κ1) is 12.5. The van der Waals surface area contributed by atoms with Gasteiger partial charge in [-0.25, -0.2) is 4.39 Å². The molecule has 1 atom stereocenters. The predicted octanol–water partition coefficient (Wildman–Crippen LogP) is 1.20. The van der Waals surface area contributed by atoms with Gasteiger partial charge in [-0.2, -0.15) is 0 Å². The number of hydrogen-bond acceptors (Lipinski definition) is 3. The lowest BCUT2D eigenvalue weighted by atomic mass is 9.98. The lowest BCUT2D eigenvalue weighted by Crippen LogP contribution is -2.40. The highest BCUT2D eigenvalue weighted by Gasteiger charge is 2.17. The van der Waals surface area contributed by atoms with E-state index in [1.807, 2.05) is 12.1 Å². The van der Waals surface area contributed by atoms with Gasteiger partial charge in [0.25, 0.3) is 0 Å². The van der Waals surface area contributed by atoms with Crippen LogP contribution in [0.4, 0.5) is 4.39 Å². The Morgan fingerprint density at radius 1 is 1.24 bits per heavy atom. The van der Waals surface area contributed by atoms with E-state index in [1.165, 1.54) is 12.1 Å². The van der Waals surface area contributed by atoms with Gasteiger partial charge in [-0.1, -0.05) is 12.1 Å². The van der Waals surface area contributed by atoms with Crippen LogP contribution in [0, 0.1) is 5.82 Å². The maximum atomic E-state index is 12.9. The van der Waals surface area contributed by atoms with Gasteiger partial charge in [0.15, 0.2) is 0 Å². The highest BCUT2D eigenvalue weighted by atomic mass is 19.1. The molecule has 1 aromatic carbocycles. The molecule has 1 saturated heterocycles. The summed E-state index contributed by atoms with van der Waals surface area (Å²) in [6.45, 7) is 5.01. The minimum atomic E-state index is -0.198. The SMILES string of the molecule is NCC(CN1CCOCC1)c1ccc(F)cc1. The summed E-state index contributed by atoms with van der Waals surface area (Å²) in [6.07, 6.45) is 0. The van der Waals surface area contributed by atoms with Crippen molar-refractivity contribution in [1.29, 1.82) is 0 Å². The van der Waals surface area contributed by atoms with Gasteiger partial charge in [-0.3, -0.25) is 4.90 Å². The number of rotatable bonds is 4. The topological polar surface area (TPSA) is 38.5 Å². The van der Waals surface area contributed by atoms with Crippen molar-refractivity contribution in [2.45, 2.75) is 5.92 Å². The minimum Gasteiger partial charge on any atom is -0.379 e. The Morgan fingerprint density at radius 3 is 2.47 bits per heavy atom. The molecule has 0 bridgehead atoms. The third-order valence-corrected chi connectivity index (χ3v) is 3.21. The molecule has 2 rings (SSSR count).